The largest absolute Gasteiger partial charge is 0.394 e. The molecule has 1 amide bonds. The number of amides is 1. The zero-order valence-corrected chi connectivity index (χ0v) is 7.80. The summed E-state index contributed by atoms with van der Waals surface area (Å²) in [5.74, 6) is -0.319. The summed E-state index contributed by atoms with van der Waals surface area (Å²) in [6.45, 7) is 0.892. The summed E-state index contributed by atoms with van der Waals surface area (Å²) in [7, 11) is 0. The third-order valence-corrected chi connectivity index (χ3v) is 1.96. The fourth-order valence-corrected chi connectivity index (χ4v) is 1.28. The molecule has 0 aliphatic carbocycles. The molecule has 0 spiro atoms. The molecule has 6 heteroatoms. The molecule has 0 aromatic heterocycles. The Morgan fingerprint density at radius 2 is 2.29 bits per heavy atom. The topological polar surface area (TPSA) is 99.0 Å². The molecule has 0 aromatic rings. The molecule has 1 aliphatic rings. The first-order chi connectivity index (χ1) is 6.54. The predicted octanol–water partition coefficient (Wildman–Crippen LogP) is -1.89. The molecular weight excluding hydrogens is 190 g/mol. The van der Waals surface area contributed by atoms with Crippen LogP contribution in [-0.2, 0) is 9.53 Å². The first-order valence-corrected chi connectivity index (χ1v) is 4.31. The molecule has 1 fully saturated rings. The molecule has 1 radical (unpaired) electrons. The normalized spacial score (nSPS) is 34.1. The van der Waals surface area contributed by atoms with E-state index in [0.717, 1.165) is 0 Å². The van der Waals surface area contributed by atoms with Gasteiger partial charge in [0.2, 0.25) is 5.91 Å². The number of carbonyl (C=O) groups excluding carboxylic acids is 1. The summed E-state index contributed by atoms with van der Waals surface area (Å²) in [6.07, 6.45) is -2.83. The van der Waals surface area contributed by atoms with Gasteiger partial charge in [-0.05, 0) is 0 Å². The Kier molecular flexibility index (Phi) is 3.82. The Hall–Kier alpha value is -0.690. The Bertz CT molecular complexity index is 210. The number of aliphatic hydroxyl groups excluding tert-OH is 3. The van der Waals surface area contributed by atoms with Gasteiger partial charge >= 0.3 is 0 Å². The summed E-state index contributed by atoms with van der Waals surface area (Å²) in [5.41, 5.74) is 0. The smallest absolute Gasteiger partial charge is 0.219 e. The first kappa shape index (κ1) is 11.4. The number of ether oxygens (including phenoxy) is 1. The van der Waals surface area contributed by atoms with Gasteiger partial charge in [-0.3, -0.25) is 4.79 Å². The van der Waals surface area contributed by atoms with Gasteiger partial charge in [0.1, 0.15) is 12.2 Å². The standard InChI is InChI=1S/C8H14NO5/c1-4(11)9-7-2-5(12)8(13)6(3-10)14-7/h5-6,8,10,12-13H,2-3H2,1H3,(H,9,11). The third-order valence-electron chi connectivity index (χ3n) is 1.96. The summed E-state index contributed by atoms with van der Waals surface area (Å²) in [4.78, 5) is 10.7. The van der Waals surface area contributed by atoms with Crippen molar-refractivity contribution in [3.05, 3.63) is 6.23 Å². The zero-order chi connectivity index (χ0) is 10.7. The van der Waals surface area contributed by atoms with Crippen molar-refractivity contribution >= 4 is 5.91 Å². The lowest BCUT2D eigenvalue weighted by Gasteiger charge is -2.35. The fraction of sp³-hybridized carbons (Fsp3) is 0.750. The van der Waals surface area contributed by atoms with Gasteiger partial charge in [0.25, 0.3) is 0 Å². The van der Waals surface area contributed by atoms with Crippen LogP contribution in [-0.4, -0.2) is 46.1 Å². The number of hydrogen-bond acceptors (Lipinski definition) is 5. The van der Waals surface area contributed by atoms with Crippen molar-refractivity contribution in [2.45, 2.75) is 31.7 Å². The van der Waals surface area contributed by atoms with Crippen molar-refractivity contribution < 1.29 is 24.9 Å². The van der Waals surface area contributed by atoms with Crippen molar-refractivity contribution in [3.63, 3.8) is 0 Å². The van der Waals surface area contributed by atoms with Crippen LogP contribution in [0.5, 0.6) is 0 Å². The molecule has 1 saturated heterocycles. The van der Waals surface area contributed by atoms with E-state index in [-0.39, 0.29) is 18.6 Å². The van der Waals surface area contributed by atoms with E-state index < -0.39 is 24.9 Å². The highest BCUT2D eigenvalue weighted by atomic mass is 16.5. The molecule has 1 rings (SSSR count). The molecule has 0 bridgehead atoms. The van der Waals surface area contributed by atoms with E-state index in [4.69, 9.17) is 9.84 Å². The Morgan fingerprint density at radius 1 is 1.64 bits per heavy atom. The number of hydrogen-bond donors (Lipinski definition) is 4. The molecule has 14 heavy (non-hydrogen) atoms. The van der Waals surface area contributed by atoms with Gasteiger partial charge in [-0.15, -0.1) is 0 Å². The van der Waals surface area contributed by atoms with Gasteiger partial charge in [-0.1, -0.05) is 0 Å². The zero-order valence-electron chi connectivity index (χ0n) is 7.80. The lowest BCUT2D eigenvalue weighted by Crippen LogP contribution is -2.50. The van der Waals surface area contributed by atoms with Gasteiger partial charge in [0.15, 0.2) is 6.23 Å². The van der Waals surface area contributed by atoms with Crippen LogP contribution in [0.4, 0.5) is 0 Å². The monoisotopic (exact) mass is 204 g/mol. The van der Waals surface area contributed by atoms with Crippen molar-refractivity contribution in [1.29, 1.82) is 0 Å². The predicted molar refractivity (Wildman–Crippen MR) is 45.6 cm³/mol. The average Bonchev–Trinajstić information content (AvgIpc) is 2.10. The van der Waals surface area contributed by atoms with Crippen LogP contribution in [0.2, 0.25) is 0 Å². The fourth-order valence-electron chi connectivity index (χ4n) is 1.28. The number of nitrogens with one attached hydrogen (secondary N) is 1. The Balaban J connectivity index is 2.53. The maximum Gasteiger partial charge on any atom is 0.219 e. The lowest BCUT2D eigenvalue weighted by atomic mass is 10.0. The van der Waals surface area contributed by atoms with Crippen LogP contribution in [0, 0.1) is 6.23 Å². The highest BCUT2D eigenvalue weighted by Gasteiger charge is 2.37. The van der Waals surface area contributed by atoms with Crippen molar-refractivity contribution in [3.8, 4) is 0 Å². The molecule has 0 aromatic carbocycles. The average molecular weight is 204 g/mol. The molecule has 0 saturated carbocycles. The van der Waals surface area contributed by atoms with Gasteiger partial charge in [-0.2, -0.15) is 0 Å². The highest BCUT2D eigenvalue weighted by Crippen LogP contribution is 2.23. The molecule has 4 N–H and O–H groups in total. The van der Waals surface area contributed by atoms with E-state index in [2.05, 4.69) is 5.32 Å². The van der Waals surface area contributed by atoms with Crippen LogP contribution >= 0.6 is 0 Å². The van der Waals surface area contributed by atoms with E-state index >= 15 is 0 Å². The van der Waals surface area contributed by atoms with Crippen LogP contribution in [0.25, 0.3) is 0 Å². The maximum atomic E-state index is 10.7. The van der Waals surface area contributed by atoms with Crippen LogP contribution < -0.4 is 5.32 Å². The number of rotatable bonds is 2. The van der Waals surface area contributed by atoms with E-state index in [1.165, 1.54) is 6.92 Å². The Morgan fingerprint density at radius 3 is 2.79 bits per heavy atom. The lowest BCUT2D eigenvalue weighted by molar-refractivity contribution is -0.153. The van der Waals surface area contributed by atoms with E-state index in [1.54, 1.807) is 0 Å². The quantitative estimate of drug-likeness (QED) is 0.422. The van der Waals surface area contributed by atoms with E-state index in [1.807, 2.05) is 0 Å². The second kappa shape index (κ2) is 4.70. The van der Waals surface area contributed by atoms with Crippen molar-refractivity contribution in [2.75, 3.05) is 6.61 Å². The minimum atomic E-state index is -1.13. The molecule has 1 heterocycles. The maximum absolute atomic E-state index is 10.7. The SMILES string of the molecule is CC(=O)N[C]1CC(O)C(O)C(CO)O1. The molecule has 3 unspecified atom stereocenters. The minimum absolute atomic E-state index is 0.0389. The van der Waals surface area contributed by atoms with Crippen LogP contribution in [0.3, 0.4) is 0 Å². The molecule has 1 aliphatic heterocycles. The molecular formula is C8H14NO5. The van der Waals surface area contributed by atoms with E-state index in [9.17, 15) is 15.0 Å². The van der Waals surface area contributed by atoms with Crippen molar-refractivity contribution in [1.82, 2.24) is 5.32 Å². The van der Waals surface area contributed by atoms with Gasteiger partial charge < -0.3 is 25.4 Å². The van der Waals surface area contributed by atoms with Crippen molar-refractivity contribution in [2.24, 2.45) is 0 Å². The second-order valence-corrected chi connectivity index (χ2v) is 3.21. The third kappa shape index (κ3) is 2.65. The van der Waals surface area contributed by atoms with Crippen LogP contribution in [0.15, 0.2) is 0 Å². The van der Waals surface area contributed by atoms with E-state index in [0.29, 0.717) is 0 Å². The second-order valence-electron chi connectivity index (χ2n) is 3.21. The van der Waals surface area contributed by atoms with Gasteiger partial charge in [0, 0.05) is 13.3 Å². The first-order valence-electron chi connectivity index (χ1n) is 4.31. The molecule has 81 valence electrons. The number of aliphatic hydroxyl groups is 3. The van der Waals surface area contributed by atoms with Crippen LogP contribution in [0.1, 0.15) is 13.3 Å². The van der Waals surface area contributed by atoms with Gasteiger partial charge in [-0.25, -0.2) is 0 Å². The summed E-state index contributed by atoms with van der Waals surface area (Å²) in [5, 5.41) is 29.9. The summed E-state index contributed by atoms with van der Waals surface area (Å²) < 4.78 is 5.05. The highest BCUT2D eigenvalue weighted by molar-refractivity contribution is 5.74. The number of carbonyl (C=O) groups is 1. The summed E-state index contributed by atoms with van der Waals surface area (Å²) >= 11 is 0. The Labute approximate surface area is 81.5 Å². The minimum Gasteiger partial charge on any atom is -0.394 e. The summed E-state index contributed by atoms with van der Waals surface area (Å²) in [6, 6.07) is 0. The van der Waals surface area contributed by atoms with Gasteiger partial charge in [0.05, 0.1) is 12.7 Å². The molecule has 6 nitrogen and oxygen atoms in total. The molecule has 3 atom stereocenters.